The van der Waals surface area contributed by atoms with Crippen LogP contribution in [-0.2, 0) is 20.8 Å². The van der Waals surface area contributed by atoms with Gasteiger partial charge in [0.2, 0.25) is 17.7 Å². The standard InChI is InChI=1S/C20H29N3O3/c1-13(2)10-20(11-17(21)24)14(3)12-23(19(20)26)16(18(22)25)9-15-7-5-4-6-8-15/h4-8,13-14,16H,9-12H2,1-3H3,(H2,21,24)(H2,22,25). The molecule has 26 heavy (non-hydrogen) atoms. The predicted molar refractivity (Wildman–Crippen MR) is 99.7 cm³/mol. The molecule has 1 aromatic rings. The molecule has 0 aromatic heterocycles. The van der Waals surface area contributed by atoms with Gasteiger partial charge in [0.1, 0.15) is 6.04 Å². The third kappa shape index (κ3) is 4.06. The van der Waals surface area contributed by atoms with Gasteiger partial charge in [0.25, 0.3) is 0 Å². The molecule has 0 radical (unpaired) electrons. The summed E-state index contributed by atoms with van der Waals surface area (Å²) < 4.78 is 0. The van der Waals surface area contributed by atoms with Crippen molar-refractivity contribution < 1.29 is 14.4 Å². The van der Waals surface area contributed by atoms with Crippen LogP contribution in [0.25, 0.3) is 0 Å². The van der Waals surface area contributed by atoms with Crippen LogP contribution < -0.4 is 11.5 Å². The number of amides is 3. The quantitative estimate of drug-likeness (QED) is 0.734. The SMILES string of the molecule is CC(C)CC1(CC(N)=O)C(=O)N(C(Cc2ccccc2)C(N)=O)CC1C. The molecule has 1 fully saturated rings. The summed E-state index contributed by atoms with van der Waals surface area (Å²) in [4.78, 5) is 38.7. The van der Waals surface area contributed by atoms with Crippen molar-refractivity contribution in [2.24, 2.45) is 28.7 Å². The normalized spacial score (nSPS) is 24.1. The summed E-state index contributed by atoms with van der Waals surface area (Å²) in [6.07, 6.45) is 0.921. The van der Waals surface area contributed by atoms with Gasteiger partial charge in [0, 0.05) is 19.4 Å². The van der Waals surface area contributed by atoms with Crippen molar-refractivity contribution in [3.05, 3.63) is 35.9 Å². The number of hydrogen-bond acceptors (Lipinski definition) is 3. The van der Waals surface area contributed by atoms with Gasteiger partial charge in [-0.3, -0.25) is 14.4 Å². The number of nitrogens with two attached hydrogens (primary N) is 2. The molecule has 142 valence electrons. The van der Waals surface area contributed by atoms with Gasteiger partial charge in [-0.15, -0.1) is 0 Å². The Labute approximate surface area is 154 Å². The summed E-state index contributed by atoms with van der Waals surface area (Å²) in [5, 5.41) is 0. The third-order valence-corrected chi connectivity index (χ3v) is 5.34. The van der Waals surface area contributed by atoms with E-state index in [0.717, 1.165) is 5.56 Å². The molecule has 3 amide bonds. The van der Waals surface area contributed by atoms with Gasteiger partial charge in [-0.2, -0.15) is 0 Å². The minimum atomic E-state index is -0.857. The lowest BCUT2D eigenvalue weighted by Gasteiger charge is -2.33. The van der Waals surface area contributed by atoms with Gasteiger partial charge >= 0.3 is 0 Å². The molecule has 6 nitrogen and oxygen atoms in total. The van der Waals surface area contributed by atoms with Gasteiger partial charge in [-0.1, -0.05) is 51.1 Å². The highest BCUT2D eigenvalue weighted by Gasteiger charge is 2.54. The van der Waals surface area contributed by atoms with E-state index in [1.54, 1.807) is 4.90 Å². The van der Waals surface area contributed by atoms with E-state index in [1.807, 2.05) is 51.1 Å². The Hall–Kier alpha value is -2.37. The molecule has 0 aliphatic carbocycles. The topological polar surface area (TPSA) is 106 Å². The highest BCUT2D eigenvalue weighted by Crippen LogP contribution is 2.46. The first-order chi connectivity index (χ1) is 12.2. The smallest absolute Gasteiger partial charge is 0.240 e. The molecule has 3 atom stereocenters. The van der Waals surface area contributed by atoms with E-state index in [0.29, 0.717) is 19.4 Å². The van der Waals surface area contributed by atoms with Crippen LogP contribution in [-0.4, -0.2) is 35.2 Å². The van der Waals surface area contributed by atoms with E-state index in [1.165, 1.54) is 0 Å². The fraction of sp³-hybridized carbons (Fsp3) is 0.550. The molecular weight excluding hydrogens is 330 g/mol. The first-order valence-electron chi connectivity index (χ1n) is 9.10. The minimum Gasteiger partial charge on any atom is -0.370 e. The Morgan fingerprint density at radius 3 is 2.35 bits per heavy atom. The number of primary amides is 2. The van der Waals surface area contributed by atoms with Gasteiger partial charge in [-0.25, -0.2) is 0 Å². The van der Waals surface area contributed by atoms with Crippen LogP contribution in [0.4, 0.5) is 0 Å². The van der Waals surface area contributed by atoms with E-state index >= 15 is 0 Å². The molecule has 2 rings (SSSR count). The van der Waals surface area contributed by atoms with E-state index in [9.17, 15) is 14.4 Å². The molecule has 0 spiro atoms. The Kier molecular flexibility index (Phi) is 6.05. The summed E-state index contributed by atoms with van der Waals surface area (Å²) in [5.41, 5.74) is 11.2. The summed E-state index contributed by atoms with van der Waals surface area (Å²) in [6.45, 7) is 6.38. The van der Waals surface area contributed by atoms with Crippen molar-refractivity contribution in [1.29, 1.82) is 0 Å². The van der Waals surface area contributed by atoms with E-state index in [-0.39, 0.29) is 24.2 Å². The Balaban J connectivity index is 2.34. The number of nitrogens with zero attached hydrogens (tertiary/aromatic N) is 1. The van der Waals surface area contributed by atoms with Crippen molar-refractivity contribution in [1.82, 2.24) is 4.90 Å². The molecule has 0 bridgehead atoms. The number of likely N-dealkylation sites (tertiary alicyclic amines) is 1. The second-order valence-corrected chi connectivity index (χ2v) is 7.86. The lowest BCUT2D eigenvalue weighted by Crippen LogP contribution is -2.49. The molecular formula is C20H29N3O3. The van der Waals surface area contributed by atoms with E-state index in [2.05, 4.69) is 0 Å². The van der Waals surface area contributed by atoms with Gasteiger partial charge < -0.3 is 16.4 Å². The molecule has 1 saturated heterocycles. The largest absolute Gasteiger partial charge is 0.370 e. The van der Waals surface area contributed by atoms with Crippen molar-refractivity contribution in [3.8, 4) is 0 Å². The molecule has 3 unspecified atom stereocenters. The molecule has 6 heteroatoms. The summed E-state index contributed by atoms with van der Waals surface area (Å²) in [7, 11) is 0. The molecule has 1 aliphatic heterocycles. The fourth-order valence-electron chi connectivity index (χ4n) is 4.17. The molecule has 1 heterocycles. The molecule has 1 aliphatic rings. The second kappa shape index (κ2) is 7.89. The van der Waals surface area contributed by atoms with Crippen molar-refractivity contribution in [2.75, 3.05) is 6.54 Å². The number of carbonyl (C=O) groups excluding carboxylic acids is 3. The van der Waals surface area contributed by atoms with Crippen LogP contribution in [0.2, 0.25) is 0 Å². The predicted octanol–water partition coefficient (Wildman–Crippen LogP) is 1.47. The Bertz CT molecular complexity index is 674. The summed E-state index contributed by atoms with van der Waals surface area (Å²) >= 11 is 0. The summed E-state index contributed by atoms with van der Waals surface area (Å²) in [5.74, 6) is -1.07. The zero-order valence-electron chi connectivity index (χ0n) is 15.8. The number of benzene rings is 1. The van der Waals surface area contributed by atoms with E-state index < -0.39 is 23.3 Å². The first-order valence-corrected chi connectivity index (χ1v) is 9.10. The molecule has 0 saturated carbocycles. The lowest BCUT2D eigenvalue weighted by molar-refractivity contribution is -0.145. The van der Waals surface area contributed by atoms with Crippen molar-refractivity contribution in [3.63, 3.8) is 0 Å². The Morgan fingerprint density at radius 2 is 1.85 bits per heavy atom. The van der Waals surface area contributed by atoms with Crippen LogP contribution in [0.3, 0.4) is 0 Å². The highest BCUT2D eigenvalue weighted by molar-refractivity contribution is 5.94. The fourth-order valence-corrected chi connectivity index (χ4v) is 4.17. The maximum absolute atomic E-state index is 13.4. The first kappa shape index (κ1) is 19.9. The molecule has 1 aromatic carbocycles. The third-order valence-electron chi connectivity index (χ3n) is 5.34. The Morgan fingerprint density at radius 1 is 1.23 bits per heavy atom. The van der Waals surface area contributed by atoms with E-state index in [4.69, 9.17) is 11.5 Å². The average molecular weight is 359 g/mol. The van der Waals surface area contributed by atoms with Gasteiger partial charge in [-0.05, 0) is 23.8 Å². The van der Waals surface area contributed by atoms with Crippen LogP contribution in [0.5, 0.6) is 0 Å². The number of carbonyl (C=O) groups is 3. The maximum Gasteiger partial charge on any atom is 0.240 e. The number of rotatable bonds is 8. The van der Waals surface area contributed by atoms with Gasteiger partial charge in [0.05, 0.1) is 5.41 Å². The molecule has 4 N–H and O–H groups in total. The van der Waals surface area contributed by atoms with Crippen LogP contribution in [0.15, 0.2) is 30.3 Å². The lowest BCUT2D eigenvalue weighted by atomic mass is 9.70. The van der Waals surface area contributed by atoms with Crippen LogP contribution >= 0.6 is 0 Å². The van der Waals surface area contributed by atoms with Gasteiger partial charge in [0.15, 0.2) is 0 Å². The zero-order valence-corrected chi connectivity index (χ0v) is 15.8. The monoisotopic (exact) mass is 359 g/mol. The minimum absolute atomic E-state index is 0.00149. The summed E-state index contributed by atoms with van der Waals surface area (Å²) in [6, 6.07) is 8.76. The maximum atomic E-state index is 13.4. The van der Waals surface area contributed by atoms with Crippen molar-refractivity contribution >= 4 is 17.7 Å². The van der Waals surface area contributed by atoms with Crippen LogP contribution in [0.1, 0.15) is 39.2 Å². The van der Waals surface area contributed by atoms with Crippen molar-refractivity contribution in [2.45, 2.75) is 46.1 Å². The second-order valence-electron chi connectivity index (χ2n) is 7.86. The highest BCUT2D eigenvalue weighted by atomic mass is 16.2. The van der Waals surface area contributed by atoms with Crippen LogP contribution in [0, 0.1) is 17.3 Å². The number of hydrogen-bond donors (Lipinski definition) is 2. The zero-order chi connectivity index (χ0) is 19.5. The average Bonchev–Trinajstić information content (AvgIpc) is 2.77.